The maximum Gasteiger partial charge on any atom is 0.209 e. The van der Waals surface area contributed by atoms with Gasteiger partial charge in [0.25, 0.3) is 0 Å². The number of para-hydroxylation sites is 1. The van der Waals surface area contributed by atoms with Crippen LogP contribution < -0.4 is 0 Å². The Morgan fingerprint density at radius 3 is 2.96 bits per heavy atom. The monoisotopic (exact) mass is 354 g/mol. The molecule has 7 heteroatoms. The van der Waals surface area contributed by atoms with Crippen LogP contribution in [0.25, 0.3) is 21.6 Å². The van der Waals surface area contributed by atoms with Crippen molar-refractivity contribution in [3.05, 3.63) is 53.0 Å². The highest BCUT2D eigenvalue weighted by atomic mass is 32.2. The zero-order chi connectivity index (χ0) is 16.5. The number of ketones is 1. The summed E-state index contributed by atoms with van der Waals surface area (Å²) >= 11 is 2.95. The number of H-pyrrole nitrogens is 2. The van der Waals surface area contributed by atoms with Gasteiger partial charge in [-0.25, -0.2) is 4.98 Å². The highest BCUT2D eigenvalue weighted by Crippen LogP contribution is 2.26. The number of hydrogen-bond donors (Lipinski definition) is 2. The Kier molecular flexibility index (Phi) is 3.95. The number of hydrogen-bond acceptors (Lipinski definition) is 5. The van der Waals surface area contributed by atoms with Gasteiger partial charge in [0.05, 0.1) is 10.6 Å². The first-order chi connectivity index (χ1) is 11.7. The fourth-order valence-electron chi connectivity index (χ4n) is 2.67. The molecule has 2 N–H and O–H groups in total. The number of fused-ring (bicyclic) bond motifs is 1. The Bertz CT molecular complexity index is 1000. The summed E-state index contributed by atoms with van der Waals surface area (Å²) in [5.74, 6) is 1.13. The molecule has 0 unspecified atom stereocenters. The molecule has 3 heterocycles. The van der Waals surface area contributed by atoms with E-state index in [0.717, 1.165) is 32.9 Å². The van der Waals surface area contributed by atoms with Gasteiger partial charge in [0.1, 0.15) is 0 Å². The van der Waals surface area contributed by atoms with Crippen LogP contribution in [-0.4, -0.2) is 31.7 Å². The maximum absolute atomic E-state index is 12.6. The third-order valence-corrected chi connectivity index (χ3v) is 5.45. The molecule has 24 heavy (non-hydrogen) atoms. The minimum atomic E-state index is 0.0809. The van der Waals surface area contributed by atoms with Crippen LogP contribution in [0.5, 0.6) is 0 Å². The number of carbonyl (C=O) groups excluding carboxylic acids is 1. The second kappa shape index (κ2) is 6.26. The first-order valence-electron chi connectivity index (χ1n) is 7.42. The van der Waals surface area contributed by atoms with Gasteiger partial charge in [-0.15, -0.1) is 16.4 Å². The molecule has 0 aliphatic heterocycles. The van der Waals surface area contributed by atoms with Crippen LogP contribution in [0.4, 0.5) is 0 Å². The molecule has 1 aromatic carbocycles. The molecule has 120 valence electrons. The number of thiophene rings is 1. The topological polar surface area (TPSA) is 74.4 Å². The van der Waals surface area contributed by atoms with Crippen LogP contribution in [0.2, 0.25) is 0 Å². The number of benzene rings is 1. The number of nitrogens with one attached hydrogen (secondary N) is 2. The van der Waals surface area contributed by atoms with Crippen LogP contribution in [0.3, 0.4) is 0 Å². The number of aryl methyl sites for hydroxylation is 1. The van der Waals surface area contributed by atoms with Crippen LogP contribution in [0, 0.1) is 6.92 Å². The molecule has 0 aliphatic carbocycles. The lowest BCUT2D eigenvalue weighted by Crippen LogP contribution is -2.03. The Labute approximate surface area is 146 Å². The molecule has 0 saturated carbocycles. The molecule has 0 spiro atoms. The molecule has 0 saturated heterocycles. The van der Waals surface area contributed by atoms with Gasteiger partial charge in [0, 0.05) is 22.2 Å². The first kappa shape index (κ1) is 15.2. The summed E-state index contributed by atoms with van der Waals surface area (Å²) in [4.78, 5) is 21.4. The number of aromatic amines is 2. The van der Waals surface area contributed by atoms with Crippen molar-refractivity contribution in [1.29, 1.82) is 0 Å². The van der Waals surface area contributed by atoms with Gasteiger partial charge in [-0.05, 0) is 24.4 Å². The lowest BCUT2D eigenvalue weighted by molar-refractivity contribution is 0.102. The highest BCUT2D eigenvalue weighted by Gasteiger charge is 2.17. The summed E-state index contributed by atoms with van der Waals surface area (Å²) in [6.45, 7) is 1.93. The number of carbonyl (C=O) groups is 1. The van der Waals surface area contributed by atoms with Crippen molar-refractivity contribution < 1.29 is 4.79 Å². The number of aromatic nitrogens is 4. The minimum absolute atomic E-state index is 0.0809. The van der Waals surface area contributed by atoms with Crippen LogP contribution in [-0.2, 0) is 0 Å². The van der Waals surface area contributed by atoms with Crippen LogP contribution >= 0.6 is 23.1 Å². The van der Waals surface area contributed by atoms with Gasteiger partial charge in [-0.3, -0.25) is 9.89 Å². The van der Waals surface area contributed by atoms with E-state index in [0.29, 0.717) is 10.9 Å². The molecule has 4 rings (SSSR count). The normalized spacial score (nSPS) is 11.2. The van der Waals surface area contributed by atoms with Crippen LogP contribution in [0.15, 0.2) is 46.9 Å². The molecule has 0 bridgehead atoms. The summed E-state index contributed by atoms with van der Waals surface area (Å²) in [7, 11) is 0. The average molecular weight is 354 g/mol. The quantitative estimate of drug-likeness (QED) is 0.414. The highest BCUT2D eigenvalue weighted by molar-refractivity contribution is 7.99. The lowest BCUT2D eigenvalue weighted by atomic mass is 10.1. The third kappa shape index (κ3) is 2.76. The van der Waals surface area contributed by atoms with Gasteiger partial charge < -0.3 is 4.98 Å². The van der Waals surface area contributed by atoms with Gasteiger partial charge in [0.2, 0.25) is 5.16 Å². The van der Waals surface area contributed by atoms with E-state index >= 15 is 0 Å². The van der Waals surface area contributed by atoms with E-state index in [1.54, 1.807) is 11.3 Å². The second-order valence-corrected chi connectivity index (χ2v) is 7.22. The van der Waals surface area contributed by atoms with Gasteiger partial charge >= 0.3 is 0 Å². The Balaban J connectivity index is 1.51. The van der Waals surface area contributed by atoms with Crippen LogP contribution in [0.1, 0.15) is 16.1 Å². The molecule has 3 aromatic heterocycles. The molecule has 0 aliphatic rings. The Morgan fingerprint density at radius 1 is 1.25 bits per heavy atom. The summed E-state index contributed by atoms with van der Waals surface area (Å²) in [5.41, 5.74) is 2.64. The summed E-state index contributed by atoms with van der Waals surface area (Å²) < 4.78 is 0. The Morgan fingerprint density at radius 2 is 2.12 bits per heavy atom. The predicted molar refractivity (Wildman–Crippen MR) is 97.8 cm³/mol. The summed E-state index contributed by atoms with van der Waals surface area (Å²) in [6.07, 6.45) is 0. The van der Waals surface area contributed by atoms with E-state index in [9.17, 15) is 4.79 Å². The standard InChI is InChI=1S/C17H14N4OS2/c1-10-15(11-5-2-3-6-12(11)18-10)13(22)9-24-17-19-16(20-21-17)14-7-4-8-23-14/h2-8,18H,9H2,1H3,(H,19,20,21). The zero-order valence-corrected chi connectivity index (χ0v) is 14.5. The zero-order valence-electron chi connectivity index (χ0n) is 12.9. The van der Waals surface area contributed by atoms with E-state index in [4.69, 9.17) is 0 Å². The van der Waals surface area contributed by atoms with Crippen molar-refractivity contribution in [3.63, 3.8) is 0 Å². The molecule has 0 radical (unpaired) electrons. The lowest BCUT2D eigenvalue weighted by Gasteiger charge is -1.99. The summed E-state index contributed by atoms with van der Waals surface area (Å²) in [6, 6.07) is 11.8. The van der Waals surface area contributed by atoms with E-state index in [1.165, 1.54) is 11.8 Å². The fraction of sp³-hybridized carbons (Fsp3) is 0.118. The van der Waals surface area contributed by atoms with E-state index < -0.39 is 0 Å². The number of Topliss-reactive ketones (excluding diaryl/α,β-unsaturated/α-hetero) is 1. The first-order valence-corrected chi connectivity index (χ1v) is 9.28. The van der Waals surface area contributed by atoms with E-state index in [2.05, 4.69) is 20.2 Å². The van der Waals surface area contributed by atoms with Gasteiger partial charge in [-0.1, -0.05) is 36.0 Å². The largest absolute Gasteiger partial charge is 0.358 e. The molecule has 5 nitrogen and oxygen atoms in total. The summed E-state index contributed by atoms with van der Waals surface area (Å²) in [5, 5.41) is 10.7. The smallest absolute Gasteiger partial charge is 0.209 e. The van der Waals surface area contributed by atoms with Crippen molar-refractivity contribution in [3.8, 4) is 10.7 Å². The number of nitrogens with zero attached hydrogens (tertiary/aromatic N) is 2. The average Bonchev–Trinajstić information content (AvgIpc) is 3.31. The van der Waals surface area contributed by atoms with Crippen molar-refractivity contribution in [2.75, 3.05) is 5.75 Å². The van der Waals surface area contributed by atoms with Crippen molar-refractivity contribution in [1.82, 2.24) is 20.2 Å². The van der Waals surface area contributed by atoms with Gasteiger partial charge in [0.15, 0.2) is 11.6 Å². The maximum atomic E-state index is 12.6. The van der Waals surface area contributed by atoms with Gasteiger partial charge in [-0.2, -0.15) is 0 Å². The minimum Gasteiger partial charge on any atom is -0.358 e. The van der Waals surface area contributed by atoms with Crippen molar-refractivity contribution in [2.45, 2.75) is 12.1 Å². The van der Waals surface area contributed by atoms with E-state index in [1.807, 2.05) is 48.7 Å². The molecule has 0 fully saturated rings. The van der Waals surface area contributed by atoms with E-state index in [-0.39, 0.29) is 5.78 Å². The molecule has 4 aromatic rings. The predicted octanol–water partition coefficient (Wildman–Crippen LogP) is 4.30. The molecular formula is C17H14N4OS2. The SMILES string of the molecule is Cc1[nH]c2ccccc2c1C(=O)CSc1n[nH]c(-c2cccs2)n1. The third-order valence-electron chi connectivity index (χ3n) is 3.72. The van der Waals surface area contributed by atoms with Crippen molar-refractivity contribution >= 4 is 39.8 Å². The van der Waals surface area contributed by atoms with Crippen molar-refractivity contribution in [2.24, 2.45) is 0 Å². The number of rotatable bonds is 5. The molecule has 0 atom stereocenters. The fourth-order valence-corrected chi connectivity index (χ4v) is 4.01. The Hall–Kier alpha value is -2.38. The number of thioether (sulfide) groups is 1. The molecular weight excluding hydrogens is 340 g/mol. The second-order valence-electron chi connectivity index (χ2n) is 5.33. The molecule has 0 amide bonds.